The Labute approximate surface area is 222 Å². The number of likely N-dealkylation sites (tertiary alicyclic amines) is 1. The monoisotopic (exact) mass is 528 g/mol. The van der Waals surface area contributed by atoms with E-state index >= 15 is 0 Å². The third-order valence-electron chi connectivity index (χ3n) is 6.59. The Morgan fingerprint density at radius 3 is 2.68 bits per heavy atom. The van der Waals surface area contributed by atoms with Crippen molar-refractivity contribution in [2.75, 3.05) is 20.3 Å². The summed E-state index contributed by atoms with van der Waals surface area (Å²) in [5, 5.41) is 14.1. The first kappa shape index (κ1) is 28.2. The molecule has 8 nitrogen and oxygen atoms in total. The summed E-state index contributed by atoms with van der Waals surface area (Å²) in [5.41, 5.74) is 2.34. The SMILES string of the molecule is CCO/N=C1\CCC(Cc2cc(Cl)ccc2OC)C(=O)N(C(=O)C[C@H](CC)c2cccc(C(=O)O)c2)C1. The van der Waals surface area contributed by atoms with Crippen LogP contribution in [0.25, 0.3) is 0 Å². The first-order valence-corrected chi connectivity index (χ1v) is 12.8. The van der Waals surface area contributed by atoms with Crippen LogP contribution in [-0.2, 0) is 20.8 Å². The highest BCUT2D eigenvalue weighted by atomic mass is 35.5. The highest BCUT2D eigenvalue weighted by molar-refractivity contribution is 6.30. The molecule has 1 N–H and O–H groups in total. The molecule has 37 heavy (non-hydrogen) atoms. The average molecular weight is 529 g/mol. The first-order valence-electron chi connectivity index (χ1n) is 12.4. The molecule has 2 amide bonds. The van der Waals surface area contributed by atoms with Crippen molar-refractivity contribution in [1.82, 2.24) is 4.90 Å². The average Bonchev–Trinajstić information content (AvgIpc) is 3.05. The Morgan fingerprint density at radius 1 is 1.22 bits per heavy atom. The fourth-order valence-corrected chi connectivity index (χ4v) is 4.77. The number of ether oxygens (including phenoxy) is 1. The van der Waals surface area contributed by atoms with E-state index in [-0.39, 0.29) is 36.3 Å². The second-order valence-corrected chi connectivity index (χ2v) is 9.47. The van der Waals surface area contributed by atoms with Crippen molar-refractivity contribution < 1.29 is 29.1 Å². The maximum atomic E-state index is 13.7. The maximum Gasteiger partial charge on any atom is 0.335 e. The summed E-state index contributed by atoms with van der Waals surface area (Å²) in [6.07, 6.45) is 2.06. The van der Waals surface area contributed by atoms with Gasteiger partial charge in [0.15, 0.2) is 0 Å². The van der Waals surface area contributed by atoms with Crippen molar-refractivity contribution >= 4 is 35.1 Å². The molecule has 0 saturated carbocycles. The Kier molecular flexibility index (Phi) is 10.1. The molecule has 1 unspecified atom stereocenters. The van der Waals surface area contributed by atoms with Gasteiger partial charge in [-0.05, 0) is 80.0 Å². The van der Waals surface area contributed by atoms with Crippen LogP contribution in [0.5, 0.6) is 5.75 Å². The quantitative estimate of drug-likeness (QED) is 0.418. The van der Waals surface area contributed by atoms with E-state index in [4.69, 9.17) is 21.2 Å². The van der Waals surface area contributed by atoms with Gasteiger partial charge in [0.1, 0.15) is 12.4 Å². The van der Waals surface area contributed by atoms with Crippen molar-refractivity contribution in [3.05, 3.63) is 64.2 Å². The zero-order valence-corrected chi connectivity index (χ0v) is 22.2. The molecule has 2 aromatic rings. The predicted octanol–water partition coefficient (Wildman–Crippen LogP) is 5.33. The molecule has 0 bridgehead atoms. The fourth-order valence-electron chi connectivity index (χ4n) is 4.57. The number of carbonyl (C=O) groups is 3. The lowest BCUT2D eigenvalue weighted by Crippen LogP contribution is -2.42. The molecule has 2 aromatic carbocycles. The molecule has 0 spiro atoms. The van der Waals surface area contributed by atoms with Gasteiger partial charge in [0.05, 0.1) is 24.9 Å². The maximum absolute atomic E-state index is 13.7. The Morgan fingerprint density at radius 2 is 2.00 bits per heavy atom. The van der Waals surface area contributed by atoms with Crippen LogP contribution in [0.1, 0.15) is 66.9 Å². The second-order valence-electron chi connectivity index (χ2n) is 9.03. The van der Waals surface area contributed by atoms with Gasteiger partial charge in [0.25, 0.3) is 0 Å². The molecule has 198 valence electrons. The number of benzene rings is 2. The Bertz CT molecular complexity index is 1170. The van der Waals surface area contributed by atoms with E-state index in [1.54, 1.807) is 37.4 Å². The number of oxime groups is 1. The molecule has 1 fully saturated rings. The molecular weight excluding hydrogens is 496 g/mol. The lowest BCUT2D eigenvalue weighted by atomic mass is 9.91. The van der Waals surface area contributed by atoms with Gasteiger partial charge >= 0.3 is 5.97 Å². The number of hydrogen-bond donors (Lipinski definition) is 1. The summed E-state index contributed by atoms with van der Waals surface area (Å²) in [4.78, 5) is 45.2. The minimum Gasteiger partial charge on any atom is -0.496 e. The number of halogens is 1. The summed E-state index contributed by atoms with van der Waals surface area (Å²) in [7, 11) is 1.56. The molecule has 1 heterocycles. The van der Waals surface area contributed by atoms with Crippen molar-refractivity contribution in [1.29, 1.82) is 0 Å². The molecule has 0 aromatic heterocycles. The standard InChI is InChI=1S/C28H33ClN2O6/c1-4-18(19-7-6-8-21(13-19)28(34)35)16-26(32)31-17-24(30-37-5-2)11-9-20(27(31)33)14-22-15-23(29)10-12-25(22)36-3/h6-8,10,12-13,15,18,20H,4-5,9,11,14,16-17H2,1-3H3,(H,34,35)/b30-24+/t18-,20?/m0/s1. The van der Waals surface area contributed by atoms with Gasteiger partial charge in [-0.2, -0.15) is 0 Å². The number of carboxylic acids is 1. The number of imide groups is 1. The Hall–Kier alpha value is -3.39. The molecule has 1 aliphatic heterocycles. The van der Waals surface area contributed by atoms with Gasteiger partial charge < -0.3 is 14.7 Å². The van der Waals surface area contributed by atoms with E-state index in [0.717, 1.165) is 11.1 Å². The normalized spacial score (nSPS) is 17.8. The number of methoxy groups -OCH3 is 1. The van der Waals surface area contributed by atoms with Crippen LogP contribution in [0.3, 0.4) is 0 Å². The van der Waals surface area contributed by atoms with Gasteiger partial charge in [-0.15, -0.1) is 0 Å². The van der Waals surface area contributed by atoms with Crippen molar-refractivity contribution in [3.8, 4) is 5.75 Å². The number of rotatable bonds is 10. The van der Waals surface area contributed by atoms with Crippen LogP contribution in [-0.4, -0.2) is 53.8 Å². The number of hydrogen-bond acceptors (Lipinski definition) is 6. The van der Waals surface area contributed by atoms with Crippen LogP contribution >= 0.6 is 11.6 Å². The van der Waals surface area contributed by atoms with Crippen LogP contribution < -0.4 is 4.74 Å². The smallest absolute Gasteiger partial charge is 0.335 e. The van der Waals surface area contributed by atoms with E-state index in [9.17, 15) is 19.5 Å². The molecular formula is C28H33ClN2O6. The summed E-state index contributed by atoms with van der Waals surface area (Å²) in [6, 6.07) is 11.9. The zero-order valence-electron chi connectivity index (χ0n) is 21.4. The van der Waals surface area contributed by atoms with Crippen molar-refractivity contribution in [2.45, 2.75) is 51.9 Å². The topological polar surface area (TPSA) is 106 Å². The van der Waals surface area contributed by atoms with Gasteiger partial charge in [-0.25, -0.2) is 4.79 Å². The van der Waals surface area contributed by atoms with E-state index in [2.05, 4.69) is 5.16 Å². The lowest BCUT2D eigenvalue weighted by Gasteiger charge is -2.25. The number of carbonyl (C=O) groups excluding carboxylic acids is 2. The minimum atomic E-state index is -1.03. The van der Waals surface area contributed by atoms with E-state index in [1.165, 1.54) is 11.0 Å². The van der Waals surface area contributed by atoms with Crippen LogP contribution in [0.4, 0.5) is 0 Å². The summed E-state index contributed by atoms with van der Waals surface area (Å²) < 4.78 is 5.46. The molecule has 1 saturated heterocycles. The lowest BCUT2D eigenvalue weighted by molar-refractivity contribution is -0.146. The zero-order chi connectivity index (χ0) is 26.9. The fraction of sp³-hybridized carbons (Fsp3) is 0.429. The number of nitrogens with zero attached hydrogens (tertiary/aromatic N) is 2. The molecule has 9 heteroatoms. The molecule has 3 rings (SSSR count). The van der Waals surface area contributed by atoms with Gasteiger partial charge in [0, 0.05) is 17.4 Å². The Balaban J connectivity index is 1.88. The predicted molar refractivity (Wildman–Crippen MR) is 141 cm³/mol. The molecule has 1 aliphatic rings. The largest absolute Gasteiger partial charge is 0.496 e. The number of carboxylic acid groups (broad SMARTS) is 1. The number of amides is 2. The summed E-state index contributed by atoms with van der Waals surface area (Å²) in [5.74, 6) is -1.70. The van der Waals surface area contributed by atoms with E-state index in [0.29, 0.717) is 48.8 Å². The van der Waals surface area contributed by atoms with Crippen LogP contribution in [0.15, 0.2) is 47.6 Å². The minimum absolute atomic E-state index is 0.0620. The highest BCUT2D eigenvalue weighted by Crippen LogP contribution is 2.30. The van der Waals surface area contributed by atoms with E-state index < -0.39 is 11.9 Å². The van der Waals surface area contributed by atoms with Crippen molar-refractivity contribution in [2.24, 2.45) is 11.1 Å². The highest BCUT2D eigenvalue weighted by Gasteiger charge is 2.35. The van der Waals surface area contributed by atoms with E-state index in [1.807, 2.05) is 19.9 Å². The third-order valence-corrected chi connectivity index (χ3v) is 6.82. The van der Waals surface area contributed by atoms with Crippen LogP contribution in [0.2, 0.25) is 5.02 Å². The van der Waals surface area contributed by atoms with Crippen LogP contribution in [0, 0.1) is 5.92 Å². The summed E-state index contributed by atoms with van der Waals surface area (Å²) in [6.45, 7) is 4.20. The number of aromatic carboxylic acids is 1. The van der Waals surface area contributed by atoms with Gasteiger partial charge in [-0.1, -0.05) is 35.8 Å². The molecule has 0 aliphatic carbocycles. The molecule has 0 radical (unpaired) electrons. The summed E-state index contributed by atoms with van der Waals surface area (Å²) >= 11 is 6.20. The van der Waals surface area contributed by atoms with Crippen molar-refractivity contribution in [3.63, 3.8) is 0 Å². The van der Waals surface area contributed by atoms with Gasteiger partial charge in [-0.3, -0.25) is 14.5 Å². The van der Waals surface area contributed by atoms with Gasteiger partial charge in [0.2, 0.25) is 11.8 Å². The third kappa shape index (κ3) is 7.32. The second kappa shape index (κ2) is 13.2. The molecule has 2 atom stereocenters. The first-order chi connectivity index (χ1) is 17.8.